The molecule has 0 bridgehead atoms. The minimum atomic E-state index is 0. The third-order valence-electron chi connectivity index (χ3n) is 7.22. The molecule has 2 heterocycles. The Morgan fingerprint density at radius 2 is 1.17 bits per heavy atom. The summed E-state index contributed by atoms with van der Waals surface area (Å²) in [5.74, 6) is 0. The molecule has 202 valence electrons. The molecule has 0 saturated carbocycles. The van der Waals surface area contributed by atoms with Crippen LogP contribution in [-0.4, -0.2) is 9.13 Å². The SMILES string of the molecule is Cc1ccc(-[n+]2[c-]n(-c3[c-]cccc3)c3ccccc32)cc1.[Pt+4].[c-]1ccccc1-n1c2[c-]cccc2c2ccccc21. The first kappa shape index (κ1) is 27.4. The van der Waals surface area contributed by atoms with E-state index in [1.54, 1.807) is 0 Å². The molecule has 0 aliphatic heterocycles. The fourth-order valence-corrected chi connectivity index (χ4v) is 5.27. The Morgan fingerprint density at radius 1 is 0.548 bits per heavy atom. The largest absolute Gasteiger partial charge is 4.00 e. The van der Waals surface area contributed by atoms with E-state index in [4.69, 9.17) is 0 Å². The first-order valence-corrected chi connectivity index (χ1v) is 13.6. The second-order valence-electron chi connectivity index (χ2n) is 9.88. The molecule has 0 radical (unpaired) electrons. The molecule has 4 heteroatoms. The summed E-state index contributed by atoms with van der Waals surface area (Å²) in [4.78, 5) is 0. The predicted molar refractivity (Wildman–Crippen MR) is 166 cm³/mol. The van der Waals surface area contributed by atoms with Gasteiger partial charge < -0.3 is 9.13 Å². The Bertz CT molecular complexity index is 2040. The Balaban J connectivity index is 0.000000148. The zero-order chi connectivity index (χ0) is 27.6. The van der Waals surface area contributed by atoms with Crippen LogP contribution in [0.1, 0.15) is 5.56 Å². The third kappa shape index (κ3) is 5.09. The van der Waals surface area contributed by atoms with Crippen molar-refractivity contribution in [2.75, 3.05) is 0 Å². The Morgan fingerprint density at radius 3 is 1.90 bits per heavy atom. The Kier molecular flexibility index (Phi) is 7.86. The first-order valence-electron chi connectivity index (χ1n) is 13.6. The van der Waals surface area contributed by atoms with Crippen molar-refractivity contribution in [3.8, 4) is 17.1 Å². The van der Waals surface area contributed by atoms with Gasteiger partial charge in [0, 0.05) is 5.52 Å². The van der Waals surface area contributed by atoms with Gasteiger partial charge in [-0.3, -0.25) is 4.57 Å². The minimum absolute atomic E-state index is 0. The molecule has 8 rings (SSSR count). The number of hydrogen-bond donors (Lipinski definition) is 0. The summed E-state index contributed by atoms with van der Waals surface area (Å²) in [5, 5.41) is 2.49. The van der Waals surface area contributed by atoms with Crippen LogP contribution >= 0.6 is 0 Å². The molecule has 8 aromatic rings. The van der Waals surface area contributed by atoms with Gasteiger partial charge in [0.1, 0.15) is 0 Å². The second-order valence-corrected chi connectivity index (χ2v) is 9.88. The van der Waals surface area contributed by atoms with Crippen molar-refractivity contribution in [2.24, 2.45) is 0 Å². The normalized spacial score (nSPS) is 10.8. The molecule has 0 aliphatic carbocycles. The number of aromatic nitrogens is 3. The van der Waals surface area contributed by atoms with Crippen molar-refractivity contribution in [2.45, 2.75) is 6.92 Å². The summed E-state index contributed by atoms with van der Waals surface area (Å²) in [6.07, 6.45) is 3.44. The average molecular weight is 720 g/mol. The fourth-order valence-electron chi connectivity index (χ4n) is 5.27. The summed E-state index contributed by atoms with van der Waals surface area (Å²) in [7, 11) is 0. The number of aryl methyl sites for hydroxylation is 1. The summed E-state index contributed by atoms with van der Waals surface area (Å²) in [6.45, 7) is 2.10. The average Bonchev–Trinajstić information content (AvgIpc) is 3.59. The second kappa shape index (κ2) is 12.0. The predicted octanol–water partition coefficient (Wildman–Crippen LogP) is 8.20. The van der Waals surface area contributed by atoms with E-state index in [1.165, 1.54) is 21.9 Å². The van der Waals surface area contributed by atoms with Gasteiger partial charge in [-0.05, 0) is 36.2 Å². The molecule has 0 aliphatic rings. The standard InChI is InChI=1S/C20H15N2.C18H11N.Pt/c1-16-11-13-18(14-12-16)22-15-21(17-7-3-2-4-8-17)19-9-5-6-10-20(19)22;1-2-8-14(9-3-1)19-17-12-6-4-10-15(17)16-11-5-7-13-18(16)19;/h2-7,9-14H,1H3;1-8,10-12H;/q-1;-2;+4. The molecular weight excluding hydrogens is 694 g/mol. The summed E-state index contributed by atoms with van der Waals surface area (Å²) < 4.78 is 6.36. The molecule has 0 saturated heterocycles. The molecule has 42 heavy (non-hydrogen) atoms. The van der Waals surface area contributed by atoms with Gasteiger partial charge in [-0.25, -0.2) is 0 Å². The number of benzene rings is 6. The summed E-state index contributed by atoms with van der Waals surface area (Å²) >= 11 is 0. The first-order chi connectivity index (χ1) is 20.3. The zero-order valence-electron chi connectivity index (χ0n) is 22.9. The number of hydrogen-bond acceptors (Lipinski definition) is 0. The minimum Gasteiger partial charge on any atom is -0.358 e. The fraction of sp³-hybridized carbons (Fsp3) is 0.0263. The molecule has 0 amide bonds. The van der Waals surface area contributed by atoms with Crippen molar-refractivity contribution in [3.63, 3.8) is 0 Å². The topological polar surface area (TPSA) is 13.7 Å². The molecule has 0 N–H and O–H groups in total. The zero-order valence-corrected chi connectivity index (χ0v) is 25.2. The van der Waals surface area contributed by atoms with E-state index in [1.807, 2.05) is 54.6 Å². The Hall–Kier alpha value is -4.72. The van der Waals surface area contributed by atoms with Gasteiger partial charge in [0.25, 0.3) is 6.33 Å². The van der Waals surface area contributed by atoms with E-state index < -0.39 is 0 Å². The van der Waals surface area contributed by atoms with Gasteiger partial charge in [0.2, 0.25) is 0 Å². The Labute approximate surface area is 260 Å². The van der Waals surface area contributed by atoms with Crippen molar-refractivity contribution in [3.05, 3.63) is 170 Å². The smallest absolute Gasteiger partial charge is 0.358 e. The van der Waals surface area contributed by atoms with E-state index in [9.17, 15) is 0 Å². The van der Waals surface area contributed by atoms with Crippen molar-refractivity contribution in [1.82, 2.24) is 9.13 Å². The molecule has 0 fully saturated rings. The van der Waals surface area contributed by atoms with Crippen molar-refractivity contribution >= 4 is 32.8 Å². The van der Waals surface area contributed by atoms with Crippen LogP contribution < -0.4 is 4.57 Å². The number of imidazole rings is 1. The third-order valence-corrected chi connectivity index (χ3v) is 7.22. The van der Waals surface area contributed by atoms with E-state index in [0.29, 0.717) is 0 Å². The van der Waals surface area contributed by atoms with Gasteiger partial charge in [-0.1, -0.05) is 71.4 Å². The molecular formula is C38H26N3Pt+. The van der Waals surface area contributed by atoms with Crippen LogP contribution in [0.4, 0.5) is 0 Å². The molecule has 0 unspecified atom stereocenters. The number of nitrogens with zero attached hydrogens (tertiary/aromatic N) is 3. The van der Waals surface area contributed by atoms with Crippen LogP contribution in [0, 0.1) is 31.5 Å². The maximum atomic E-state index is 3.44. The van der Waals surface area contributed by atoms with Gasteiger partial charge in [-0.15, -0.1) is 11.5 Å². The van der Waals surface area contributed by atoms with Crippen LogP contribution in [-0.2, 0) is 21.1 Å². The van der Waals surface area contributed by atoms with Gasteiger partial charge >= 0.3 is 21.1 Å². The number of fused-ring (bicyclic) bond motifs is 4. The van der Waals surface area contributed by atoms with Gasteiger partial charge in [0.05, 0.1) is 16.7 Å². The monoisotopic (exact) mass is 719 g/mol. The maximum Gasteiger partial charge on any atom is 4.00 e. The quantitative estimate of drug-likeness (QED) is 0.129. The number of rotatable bonds is 3. The van der Waals surface area contributed by atoms with E-state index in [2.05, 4.69) is 130 Å². The number of para-hydroxylation sites is 6. The van der Waals surface area contributed by atoms with Crippen molar-refractivity contribution < 1.29 is 25.6 Å². The van der Waals surface area contributed by atoms with Gasteiger partial charge in [0.15, 0.2) is 0 Å². The molecule has 6 aromatic carbocycles. The van der Waals surface area contributed by atoms with Crippen LogP contribution in [0.25, 0.3) is 49.9 Å². The van der Waals surface area contributed by atoms with E-state index >= 15 is 0 Å². The van der Waals surface area contributed by atoms with E-state index in [0.717, 1.165) is 33.6 Å². The van der Waals surface area contributed by atoms with Crippen LogP contribution in [0.3, 0.4) is 0 Å². The van der Waals surface area contributed by atoms with Crippen LogP contribution in [0.15, 0.2) is 140 Å². The summed E-state index contributed by atoms with van der Waals surface area (Å²) in [6, 6.07) is 57.3. The molecule has 3 nitrogen and oxygen atoms in total. The van der Waals surface area contributed by atoms with Gasteiger partial charge in [-0.2, -0.15) is 78.9 Å². The summed E-state index contributed by atoms with van der Waals surface area (Å²) in [5.41, 5.74) is 8.95. The maximum absolute atomic E-state index is 3.44. The van der Waals surface area contributed by atoms with Crippen LogP contribution in [0.2, 0.25) is 0 Å². The van der Waals surface area contributed by atoms with E-state index in [-0.39, 0.29) is 21.1 Å². The molecule has 2 aromatic heterocycles. The molecule has 0 spiro atoms. The molecule has 0 atom stereocenters. The van der Waals surface area contributed by atoms with Crippen LogP contribution in [0.5, 0.6) is 0 Å². The van der Waals surface area contributed by atoms with Crippen molar-refractivity contribution in [1.29, 1.82) is 0 Å².